The molecule has 1 fully saturated rings. The van der Waals surface area contributed by atoms with Crippen LogP contribution in [-0.2, 0) is 4.79 Å². The lowest BCUT2D eigenvalue weighted by Crippen LogP contribution is -2.19. The normalized spacial score (nSPS) is 16.8. The van der Waals surface area contributed by atoms with Crippen molar-refractivity contribution in [3.63, 3.8) is 0 Å². The van der Waals surface area contributed by atoms with Crippen molar-refractivity contribution in [3.8, 4) is 11.5 Å². The predicted octanol–water partition coefficient (Wildman–Crippen LogP) is 4.96. The second kappa shape index (κ2) is 8.45. The third kappa shape index (κ3) is 4.24. The Hall–Kier alpha value is -1.52. The third-order valence-corrected chi connectivity index (χ3v) is 5.89. The van der Waals surface area contributed by atoms with Crippen molar-refractivity contribution in [1.82, 2.24) is 5.32 Å². The molecule has 0 spiro atoms. The fourth-order valence-corrected chi connectivity index (χ4v) is 4.26. The van der Waals surface area contributed by atoms with Crippen LogP contribution in [0.5, 0.6) is 11.5 Å². The molecule has 8 heteroatoms. The van der Waals surface area contributed by atoms with Crippen molar-refractivity contribution < 1.29 is 14.3 Å². The number of carbonyl (C=O) groups is 1. The van der Waals surface area contributed by atoms with E-state index in [1.54, 1.807) is 26.4 Å². The molecule has 2 aromatic carbocycles. The van der Waals surface area contributed by atoms with Gasteiger partial charge in [-0.15, -0.1) is 0 Å². The summed E-state index contributed by atoms with van der Waals surface area (Å²) in [6.07, 6.45) is 1.79. The van der Waals surface area contributed by atoms with E-state index < -0.39 is 0 Å². The van der Waals surface area contributed by atoms with Gasteiger partial charge in [-0.05, 0) is 92.3 Å². The number of methoxy groups -OCH3 is 2. The average molecular weight is 545 g/mol. The number of ether oxygens (including phenoxy) is 2. The van der Waals surface area contributed by atoms with E-state index in [1.807, 2.05) is 30.3 Å². The SMILES string of the molecule is COc1ccc(/C=C2/SC(=Nc3cccc(I)c3)NC2=O)c(Br)c1OC. The van der Waals surface area contributed by atoms with E-state index in [1.165, 1.54) is 11.8 Å². The van der Waals surface area contributed by atoms with E-state index in [-0.39, 0.29) is 5.91 Å². The van der Waals surface area contributed by atoms with Crippen LogP contribution >= 0.6 is 50.3 Å². The van der Waals surface area contributed by atoms with Crippen molar-refractivity contribution in [1.29, 1.82) is 0 Å². The molecule has 26 heavy (non-hydrogen) atoms. The lowest BCUT2D eigenvalue weighted by atomic mass is 10.2. The number of aliphatic imine (C=N–C) groups is 1. The second-order valence-electron chi connectivity index (χ2n) is 5.17. The van der Waals surface area contributed by atoms with Gasteiger partial charge in [0.05, 0.1) is 29.3 Å². The van der Waals surface area contributed by atoms with Gasteiger partial charge in [-0.2, -0.15) is 0 Å². The number of thioether (sulfide) groups is 1. The van der Waals surface area contributed by atoms with Gasteiger partial charge >= 0.3 is 0 Å². The molecule has 1 N–H and O–H groups in total. The van der Waals surface area contributed by atoms with E-state index >= 15 is 0 Å². The topological polar surface area (TPSA) is 59.9 Å². The molecule has 1 aliphatic heterocycles. The van der Waals surface area contributed by atoms with Crippen LogP contribution in [0.15, 0.2) is 50.8 Å². The van der Waals surface area contributed by atoms with Crippen LogP contribution in [0, 0.1) is 3.57 Å². The number of nitrogens with zero attached hydrogens (tertiary/aromatic N) is 1. The fourth-order valence-electron chi connectivity index (χ4n) is 2.30. The summed E-state index contributed by atoms with van der Waals surface area (Å²) in [4.78, 5) is 17.3. The summed E-state index contributed by atoms with van der Waals surface area (Å²) in [7, 11) is 3.15. The Morgan fingerprint density at radius 1 is 1.23 bits per heavy atom. The lowest BCUT2D eigenvalue weighted by Gasteiger charge is -2.11. The summed E-state index contributed by atoms with van der Waals surface area (Å²) in [5, 5.41) is 3.35. The van der Waals surface area contributed by atoms with E-state index in [2.05, 4.69) is 48.8 Å². The van der Waals surface area contributed by atoms with Crippen LogP contribution in [0.2, 0.25) is 0 Å². The van der Waals surface area contributed by atoms with Crippen LogP contribution in [0.4, 0.5) is 5.69 Å². The maximum atomic E-state index is 12.3. The first-order valence-electron chi connectivity index (χ1n) is 7.47. The molecule has 1 heterocycles. The molecule has 0 atom stereocenters. The number of amides is 1. The first-order chi connectivity index (χ1) is 12.5. The van der Waals surface area contributed by atoms with Crippen LogP contribution in [0.3, 0.4) is 0 Å². The highest BCUT2D eigenvalue weighted by Gasteiger charge is 2.24. The molecular weight excluding hydrogens is 531 g/mol. The molecule has 134 valence electrons. The minimum Gasteiger partial charge on any atom is -0.493 e. The predicted molar refractivity (Wildman–Crippen MR) is 117 cm³/mol. The number of rotatable bonds is 4. The molecule has 3 rings (SSSR count). The summed E-state index contributed by atoms with van der Waals surface area (Å²) >= 11 is 7.05. The van der Waals surface area contributed by atoms with E-state index in [4.69, 9.17) is 9.47 Å². The molecule has 0 bridgehead atoms. The number of nitrogens with one attached hydrogen (secondary N) is 1. The Kier molecular flexibility index (Phi) is 6.25. The summed E-state index contributed by atoms with van der Waals surface area (Å²) in [5.41, 5.74) is 1.61. The zero-order chi connectivity index (χ0) is 18.7. The molecule has 0 aromatic heterocycles. The van der Waals surface area contributed by atoms with Crippen LogP contribution < -0.4 is 14.8 Å². The lowest BCUT2D eigenvalue weighted by molar-refractivity contribution is -0.115. The number of halogens is 2. The molecule has 1 saturated heterocycles. The minimum atomic E-state index is -0.180. The smallest absolute Gasteiger partial charge is 0.264 e. The van der Waals surface area contributed by atoms with E-state index in [0.717, 1.165) is 19.3 Å². The summed E-state index contributed by atoms with van der Waals surface area (Å²) in [6.45, 7) is 0. The molecule has 0 unspecified atom stereocenters. The monoisotopic (exact) mass is 544 g/mol. The molecule has 0 aliphatic carbocycles. The van der Waals surface area contributed by atoms with Crippen molar-refractivity contribution in [2.45, 2.75) is 0 Å². The quantitative estimate of drug-likeness (QED) is 0.436. The van der Waals surface area contributed by atoms with Gasteiger partial charge in [0, 0.05) is 3.57 Å². The van der Waals surface area contributed by atoms with Crippen molar-refractivity contribution in [2.75, 3.05) is 14.2 Å². The number of benzene rings is 2. The zero-order valence-corrected chi connectivity index (χ0v) is 18.4. The highest BCUT2D eigenvalue weighted by molar-refractivity contribution is 14.1. The van der Waals surface area contributed by atoms with Crippen molar-refractivity contribution >= 4 is 73.1 Å². The number of hydrogen-bond acceptors (Lipinski definition) is 5. The van der Waals surface area contributed by atoms with Gasteiger partial charge in [0.1, 0.15) is 0 Å². The van der Waals surface area contributed by atoms with Gasteiger partial charge in [-0.1, -0.05) is 6.07 Å². The Morgan fingerprint density at radius 2 is 2.04 bits per heavy atom. The largest absolute Gasteiger partial charge is 0.493 e. The number of amidine groups is 1. The standard InChI is InChI=1S/C18H14BrIN2O3S/c1-24-13-7-6-10(15(19)16(13)25-2)8-14-17(23)22-18(26-14)21-12-5-3-4-11(20)9-12/h3-9H,1-2H3,(H,21,22,23)/b14-8+. The highest BCUT2D eigenvalue weighted by Crippen LogP contribution is 2.39. The zero-order valence-electron chi connectivity index (χ0n) is 13.9. The van der Waals surface area contributed by atoms with Crippen LogP contribution in [0.25, 0.3) is 6.08 Å². The summed E-state index contributed by atoms with van der Waals surface area (Å²) < 4.78 is 12.5. The Bertz CT molecular complexity index is 931. The Balaban J connectivity index is 1.90. The van der Waals surface area contributed by atoms with Gasteiger partial charge in [0.2, 0.25) is 0 Å². The summed E-state index contributed by atoms with van der Waals surface area (Å²) in [6, 6.07) is 11.4. The molecule has 0 saturated carbocycles. The Labute approximate surface area is 177 Å². The molecule has 0 radical (unpaired) electrons. The fraction of sp³-hybridized carbons (Fsp3) is 0.111. The minimum absolute atomic E-state index is 0.180. The first kappa shape index (κ1) is 19.2. The van der Waals surface area contributed by atoms with E-state index in [9.17, 15) is 4.79 Å². The van der Waals surface area contributed by atoms with Gasteiger partial charge in [-0.3, -0.25) is 4.79 Å². The van der Waals surface area contributed by atoms with Gasteiger partial charge in [0.15, 0.2) is 16.7 Å². The average Bonchev–Trinajstić information content (AvgIpc) is 2.95. The van der Waals surface area contributed by atoms with Gasteiger partial charge < -0.3 is 14.8 Å². The molecular formula is C18H14BrIN2O3S. The second-order valence-corrected chi connectivity index (χ2v) is 8.24. The van der Waals surface area contributed by atoms with Crippen LogP contribution in [-0.4, -0.2) is 25.3 Å². The summed E-state index contributed by atoms with van der Waals surface area (Å²) in [5.74, 6) is 1.02. The molecule has 5 nitrogen and oxygen atoms in total. The maximum Gasteiger partial charge on any atom is 0.264 e. The third-order valence-electron chi connectivity index (χ3n) is 3.49. The van der Waals surface area contributed by atoms with E-state index in [0.29, 0.717) is 21.6 Å². The van der Waals surface area contributed by atoms with Crippen molar-refractivity contribution in [3.05, 3.63) is 54.9 Å². The van der Waals surface area contributed by atoms with Gasteiger partial charge in [-0.25, -0.2) is 4.99 Å². The first-order valence-corrected chi connectivity index (χ1v) is 10.2. The number of hydrogen-bond donors (Lipinski definition) is 1. The van der Waals surface area contributed by atoms with Crippen molar-refractivity contribution in [2.24, 2.45) is 4.99 Å². The van der Waals surface area contributed by atoms with Gasteiger partial charge in [0.25, 0.3) is 5.91 Å². The van der Waals surface area contributed by atoms with Crippen LogP contribution in [0.1, 0.15) is 5.56 Å². The number of carbonyl (C=O) groups excluding carboxylic acids is 1. The maximum absolute atomic E-state index is 12.3. The molecule has 1 amide bonds. The molecule has 2 aromatic rings. The Morgan fingerprint density at radius 3 is 2.73 bits per heavy atom. The highest BCUT2D eigenvalue weighted by atomic mass is 127. The molecule has 1 aliphatic rings.